The Morgan fingerprint density at radius 2 is 1.96 bits per heavy atom. The highest BCUT2D eigenvalue weighted by Gasteiger charge is 2.33. The summed E-state index contributed by atoms with van der Waals surface area (Å²) < 4.78 is 70.2. The highest BCUT2D eigenvalue weighted by Crippen LogP contribution is 2.31. The molecule has 1 heterocycles. The molecule has 5 nitrogen and oxygen atoms in total. The number of hydrogen-bond acceptors (Lipinski definition) is 4. The lowest BCUT2D eigenvalue weighted by atomic mass is 10.2. The van der Waals surface area contributed by atoms with Gasteiger partial charge in [-0.2, -0.15) is 17.5 Å². The van der Waals surface area contributed by atoms with Gasteiger partial charge in [-0.1, -0.05) is 12.1 Å². The zero-order valence-corrected chi connectivity index (χ0v) is 14.2. The van der Waals surface area contributed by atoms with E-state index in [9.17, 15) is 21.6 Å². The Kier molecular flexibility index (Phi) is 6.15. The van der Waals surface area contributed by atoms with Gasteiger partial charge >= 0.3 is 6.18 Å². The molecule has 0 bridgehead atoms. The highest BCUT2D eigenvalue weighted by atomic mass is 32.2. The van der Waals surface area contributed by atoms with E-state index in [2.05, 4.69) is 4.98 Å². The predicted octanol–water partition coefficient (Wildman–Crippen LogP) is 2.94. The summed E-state index contributed by atoms with van der Waals surface area (Å²) in [5, 5.41) is 0. The molecule has 1 aromatic heterocycles. The highest BCUT2D eigenvalue weighted by molar-refractivity contribution is 7.89. The molecule has 2 rings (SSSR count). The van der Waals surface area contributed by atoms with E-state index in [1.807, 2.05) is 0 Å². The second-order valence-electron chi connectivity index (χ2n) is 5.22. The molecule has 0 atom stereocenters. The van der Waals surface area contributed by atoms with Gasteiger partial charge in [-0.05, 0) is 29.8 Å². The normalized spacial score (nSPS) is 12.5. The maximum absolute atomic E-state index is 12.9. The van der Waals surface area contributed by atoms with Gasteiger partial charge < -0.3 is 4.74 Å². The minimum Gasteiger partial charge on any atom is -0.383 e. The van der Waals surface area contributed by atoms with E-state index >= 15 is 0 Å². The molecule has 0 N–H and O–H groups in total. The molecule has 0 fully saturated rings. The maximum atomic E-state index is 12.9. The van der Waals surface area contributed by atoms with Crippen molar-refractivity contribution in [3.63, 3.8) is 0 Å². The van der Waals surface area contributed by atoms with E-state index in [-0.39, 0.29) is 19.7 Å². The minimum absolute atomic E-state index is 0.00394. The molecule has 0 spiro atoms. The lowest BCUT2D eigenvalue weighted by Crippen LogP contribution is -2.33. The van der Waals surface area contributed by atoms with E-state index in [0.29, 0.717) is 11.6 Å². The van der Waals surface area contributed by atoms with Gasteiger partial charge in [0.25, 0.3) is 0 Å². The summed E-state index contributed by atoms with van der Waals surface area (Å²) in [6.45, 7) is 0.0954. The van der Waals surface area contributed by atoms with Crippen molar-refractivity contribution in [1.29, 1.82) is 0 Å². The van der Waals surface area contributed by atoms with Gasteiger partial charge in [0, 0.05) is 32.6 Å². The number of aromatic nitrogens is 1. The monoisotopic (exact) mass is 374 g/mol. The van der Waals surface area contributed by atoms with Crippen molar-refractivity contribution in [3.05, 3.63) is 59.9 Å². The Balaban J connectivity index is 2.37. The summed E-state index contributed by atoms with van der Waals surface area (Å²) >= 11 is 0. The van der Waals surface area contributed by atoms with Gasteiger partial charge in [0.2, 0.25) is 10.0 Å². The fraction of sp³-hybridized carbons (Fsp3) is 0.312. The zero-order chi connectivity index (χ0) is 18.5. The first-order chi connectivity index (χ1) is 11.7. The standard InChI is InChI=1S/C16H17F3N2O3S/c1-24-9-8-21(12-13-4-3-7-20-11-13)25(22,23)15-6-2-5-14(10-15)16(17,18)19/h2-7,10-11H,8-9,12H2,1H3. The average Bonchev–Trinajstić information content (AvgIpc) is 2.58. The van der Waals surface area contributed by atoms with Crippen LogP contribution in [-0.2, 0) is 27.5 Å². The predicted molar refractivity (Wildman–Crippen MR) is 85.2 cm³/mol. The number of pyridine rings is 1. The molecular formula is C16H17F3N2O3S. The third kappa shape index (κ3) is 5.00. The maximum Gasteiger partial charge on any atom is 0.416 e. The number of halogens is 3. The Labute approximate surface area is 144 Å². The third-order valence-electron chi connectivity index (χ3n) is 3.43. The number of alkyl halides is 3. The van der Waals surface area contributed by atoms with Crippen LogP contribution in [0.3, 0.4) is 0 Å². The molecule has 0 amide bonds. The molecule has 0 unspecified atom stereocenters. The van der Waals surface area contributed by atoms with Gasteiger partial charge in [-0.3, -0.25) is 4.98 Å². The number of rotatable bonds is 7. The molecule has 0 aliphatic carbocycles. The van der Waals surface area contributed by atoms with Gasteiger partial charge in [0.15, 0.2) is 0 Å². The Bertz CT molecular complexity index is 796. The zero-order valence-electron chi connectivity index (χ0n) is 13.4. The minimum atomic E-state index is -4.62. The second kappa shape index (κ2) is 7.94. The molecule has 2 aromatic rings. The lowest BCUT2D eigenvalue weighted by Gasteiger charge is -2.22. The summed E-state index contributed by atoms with van der Waals surface area (Å²) in [5.41, 5.74) is -0.393. The molecule has 25 heavy (non-hydrogen) atoms. The van der Waals surface area contributed by atoms with Crippen molar-refractivity contribution in [2.24, 2.45) is 0 Å². The molecule has 0 saturated carbocycles. The van der Waals surface area contributed by atoms with Gasteiger partial charge in [-0.25, -0.2) is 8.42 Å². The summed E-state index contributed by atoms with van der Waals surface area (Å²) in [6.07, 6.45) is -1.57. The van der Waals surface area contributed by atoms with Crippen LogP contribution in [0.1, 0.15) is 11.1 Å². The van der Waals surface area contributed by atoms with E-state index in [1.54, 1.807) is 18.3 Å². The molecule has 136 valence electrons. The van der Waals surface area contributed by atoms with E-state index in [0.717, 1.165) is 22.5 Å². The van der Waals surface area contributed by atoms with Crippen molar-refractivity contribution < 1.29 is 26.3 Å². The second-order valence-corrected chi connectivity index (χ2v) is 7.16. The van der Waals surface area contributed by atoms with Crippen molar-refractivity contribution in [2.45, 2.75) is 17.6 Å². The van der Waals surface area contributed by atoms with Crippen LogP contribution in [0, 0.1) is 0 Å². The Morgan fingerprint density at radius 1 is 1.20 bits per heavy atom. The van der Waals surface area contributed by atoms with Crippen molar-refractivity contribution in [3.8, 4) is 0 Å². The fourth-order valence-electron chi connectivity index (χ4n) is 2.15. The van der Waals surface area contributed by atoms with Crippen LogP contribution in [0.5, 0.6) is 0 Å². The van der Waals surface area contributed by atoms with E-state index in [4.69, 9.17) is 4.74 Å². The quantitative estimate of drug-likeness (QED) is 0.748. The number of hydrogen-bond donors (Lipinski definition) is 0. The average molecular weight is 374 g/mol. The van der Waals surface area contributed by atoms with Crippen molar-refractivity contribution in [2.75, 3.05) is 20.3 Å². The van der Waals surface area contributed by atoms with Crippen LogP contribution in [0.15, 0.2) is 53.7 Å². The summed E-state index contributed by atoms with van der Waals surface area (Å²) in [6, 6.07) is 7.04. The SMILES string of the molecule is COCCN(Cc1cccnc1)S(=O)(=O)c1cccc(C(F)(F)F)c1. The first kappa shape index (κ1) is 19.4. The van der Waals surface area contributed by atoms with Gasteiger partial charge in [0.1, 0.15) is 0 Å². The number of methoxy groups -OCH3 is 1. The van der Waals surface area contributed by atoms with Gasteiger partial charge in [-0.15, -0.1) is 0 Å². The number of nitrogens with zero attached hydrogens (tertiary/aromatic N) is 2. The van der Waals surface area contributed by atoms with Crippen LogP contribution in [0.25, 0.3) is 0 Å². The first-order valence-corrected chi connectivity index (χ1v) is 8.74. The summed E-state index contributed by atoms with van der Waals surface area (Å²) in [5.74, 6) is 0. The number of benzene rings is 1. The largest absolute Gasteiger partial charge is 0.416 e. The molecule has 0 aliphatic rings. The fourth-order valence-corrected chi connectivity index (χ4v) is 3.61. The van der Waals surface area contributed by atoms with Crippen LogP contribution in [0.2, 0.25) is 0 Å². The third-order valence-corrected chi connectivity index (χ3v) is 5.27. The van der Waals surface area contributed by atoms with E-state index < -0.39 is 26.7 Å². The molecular weight excluding hydrogens is 357 g/mol. The summed E-state index contributed by atoms with van der Waals surface area (Å²) in [7, 11) is -2.71. The van der Waals surface area contributed by atoms with Crippen molar-refractivity contribution >= 4 is 10.0 Å². The van der Waals surface area contributed by atoms with Gasteiger partial charge in [0.05, 0.1) is 17.1 Å². The molecule has 9 heteroatoms. The lowest BCUT2D eigenvalue weighted by molar-refractivity contribution is -0.137. The number of ether oxygens (including phenoxy) is 1. The topological polar surface area (TPSA) is 59.5 Å². The summed E-state index contributed by atoms with van der Waals surface area (Å²) in [4.78, 5) is 3.50. The van der Waals surface area contributed by atoms with Crippen LogP contribution >= 0.6 is 0 Å². The van der Waals surface area contributed by atoms with Crippen LogP contribution in [-0.4, -0.2) is 38.0 Å². The Morgan fingerprint density at radius 3 is 2.56 bits per heavy atom. The molecule has 0 radical (unpaired) electrons. The molecule has 0 saturated heterocycles. The smallest absolute Gasteiger partial charge is 0.383 e. The van der Waals surface area contributed by atoms with Crippen LogP contribution in [0.4, 0.5) is 13.2 Å². The van der Waals surface area contributed by atoms with Crippen molar-refractivity contribution in [1.82, 2.24) is 9.29 Å². The number of sulfonamides is 1. The molecule has 1 aromatic carbocycles. The van der Waals surface area contributed by atoms with E-state index in [1.165, 1.54) is 13.3 Å². The van der Waals surface area contributed by atoms with Crippen LogP contribution < -0.4 is 0 Å². The first-order valence-electron chi connectivity index (χ1n) is 7.30. The molecule has 0 aliphatic heterocycles. The Hall–Kier alpha value is -1.97.